The lowest BCUT2D eigenvalue weighted by molar-refractivity contribution is -0.167. The molecule has 0 saturated carbocycles. The standard InChI is InChI=1S/C9H12F2O3/c10-9(11,8(12)13)4-5-3-6-1-2-7(5)14-6/h5-7H,1-4H2,(H,12,13). The Balaban J connectivity index is 1.95. The number of carbonyl (C=O) groups is 1. The molecular formula is C9H12F2O3. The summed E-state index contributed by atoms with van der Waals surface area (Å²) in [4.78, 5) is 10.2. The van der Waals surface area contributed by atoms with Crippen molar-refractivity contribution in [2.75, 3.05) is 0 Å². The van der Waals surface area contributed by atoms with Crippen LogP contribution in [0.5, 0.6) is 0 Å². The Morgan fingerprint density at radius 1 is 1.50 bits per heavy atom. The molecule has 1 N–H and O–H groups in total. The molecule has 3 atom stereocenters. The molecule has 5 heteroatoms. The summed E-state index contributed by atoms with van der Waals surface area (Å²) in [6.07, 6.45) is 1.70. The number of carboxylic acids is 1. The molecule has 0 spiro atoms. The second kappa shape index (κ2) is 3.15. The van der Waals surface area contributed by atoms with Crippen LogP contribution < -0.4 is 0 Å². The second-order valence-corrected chi connectivity index (χ2v) is 4.08. The van der Waals surface area contributed by atoms with Crippen molar-refractivity contribution in [3.63, 3.8) is 0 Å². The Morgan fingerprint density at radius 3 is 2.64 bits per heavy atom. The first-order valence-electron chi connectivity index (χ1n) is 4.76. The fourth-order valence-electron chi connectivity index (χ4n) is 2.37. The van der Waals surface area contributed by atoms with E-state index in [9.17, 15) is 13.6 Å². The number of aliphatic carboxylic acids is 1. The molecule has 2 fully saturated rings. The third kappa shape index (κ3) is 1.61. The Bertz CT molecular complexity index is 254. The summed E-state index contributed by atoms with van der Waals surface area (Å²) in [6, 6.07) is 0. The van der Waals surface area contributed by atoms with Gasteiger partial charge < -0.3 is 9.84 Å². The second-order valence-electron chi connectivity index (χ2n) is 4.08. The predicted octanol–water partition coefficient (Wildman–Crippen LogP) is 1.66. The molecule has 2 heterocycles. The van der Waals surface area contributed by atoms with E-state index in [2.05, 4.69) is 0 Å². The highest BCUT2D eigenvalue weighted by molar-refractivity contribution is 5.75. The molecule has 3 unspecified atom stereocenters. The summed E-state index contributed by atoms with van der Waals surface area (Å²) < 4.78 is 31.1. The summed E-state index contributed by atoms with van der Waals surface area (Å²) in [5, 5.41) is 8.28. The molecular weight excluding hydrogens is 194 g/mol. The van der Waals surface area contributed by atoms with Crippen LogP contribution in [0.25, 0.3) is 0 Å². The number of ether oxygens (including phenoxy) is 1. The van der Waals surface area contributed by atoms with E-state index < -0.39 is 18.3 Å². The van der Waals surface area contributed by atoms with Crippen molar-refractivity contribution >= 4 is 5.97 Å². The van der Waals surface area contributed by atoms with E-state index in [-0.39, 0.29) is 18.1 Å². The minimum absolute atomic E-state index is 0.0922. The number of carboxylic acid groups (broad SMARTS) is 1. The van der Waals surface area contributed by atoms with Gasteiger partial charge in [-0.3, -0.25) is 0 Å². The summed E-state index contributed by atoms with van der Waals surface area (Å²) >= 11 is 0. The Labute approximate surface area is 80.0 Å². The largest absolute Gasteiger partial charge is 0.477 e. The molecule has 2 rings (SSSR count). The van der Waals surface area contributed by atoms with Gasteiger partial charge in [0.25, 0.3) is 0 Å². The van der Waals surface area contributed by atoms with E-state index in [0.717, 1.165) is 12.8 Å². The molecule has 80 valence electrons. The van der Waals surface area contributed by atoms with E-state index in [1.54, 1.807) is 0 Å². The van der Waals surface area contributed by atoms with E-state index in [1.165, 1.54) is 0 Å². The third-order valence-corrected chi connectivity index (χ3v) is 3.06. The fourth-order valence-corrected chi connectivity index (χ4v) is 2.37. The zero-order valence-corrected chi connectivity index (χ0v) is 7.58. The molecule has 2 saturated heterocycles. The molecule has 2 aliphatic heterocycles. The average molecular weight is 206 g/mol. The molecule has 0 aromatic rings. The van der Waals surface area contributed by atoms with Gasteiger partial charge in [0.1, 0.15) is 0 Å². The molecule has 0 aromatic heterocycles. The van der Waals surface area contributed by atoms with E-state index in [1.807, 2.05) is 0 Å². The van der Waals surface area contributed by atoms with Crippen molar-refractivity contribution in [3.8, 4) is 0 Å². The van der Waals surface area contributed by atoms with Crippen LogP contribution in [-0.4, -0.2) is 29.2 Å². The third-order valence-electron chi connectivity index (χ3n) is 3.06. The Morgan fingerprint density at radius 2 is 2.21 bits per heavy atom. The summed E-state index contributed by atoms with van der Waals surface area (Å²) in [5.74, 6) is -5.90. The number of hydrogen-bond acceptors (Lipinski definition) is 2. The van der Waals surface area contributed by atoms with Gasteiger partial charge in [0.05, 0.1) is 12.2 Å². The monoisotopic (exact) mass is 206 g/mol. The minimum atomic E-state index is -3.60. The average Bonchev–Trinajstić information content (AvgIpc) is 2.63. The van der Waals surface area contributed by atoms with Crippen LogP contribution in [0.2, 0.25) is 0 Å². The molecule has 0 aliphatic carbocycles. The van der Waals surface area contributed by atoms with Gasteiger partial charge in [-0.2, -0.15) is 8.78 Å². The molecule has 0 amide bonds. The highest BCUT2D eigenvalue weighted by atomic mass is 19.3. The van der Waals surface area contributed by atoms with Gasteiger partial charge in [-0.25, -0.2) is 4.79 Å². The van der Waals surface area contributed by atoms with Gasteiger partial charge in [-0.15, -0.1) is 0 Å². The van der Waals surface area contributed by atoms with Gasteiger partial charge in [0, 0.05) is 6.42 Å². The first kappa shape index (κ1) is 9.83. The molecule has 14 heavy (non-hydrogen) atoms. The van der Waals surface area contributed by atoms with Gasteiger partial charge in [-0.1, -0.05) is 0 Å². The zero-order valence-electron chi connectivity index (χ0n) is 7.58. The van der Waals surface area contributed by atoms with Crippen molar-refractivity contribution in [2.45, 2.75) is 43.8 Å². The number of alkyl halides is 2. The van der Waals surface area contributed by atoms with Crippen LogP contribution in [0, 0.1) is 5.92 Å². The maximum Gasteiger partial charge on any atom is 0.374 e. The van der Waals surface area contributed by atoms with Crippen molar-refractivity contribution in [1.82, 2.24) is 0 Å². The van der Waals surface area contributed by atoms with Crippen molar-refractivity contribution in [3.05, 3.63) is 0 Å². The number of fused-ring (bicyclic) bond motifs is 2. The van der Waals surface area contributed by atoms with E-state index in [4.69, 9.17) is 9.84 Å². The van der Waals surface area contributed by atoms with Gasteiger partial charge in [0.2, 0.25) is 0 Å². The predicted molar refractivity (Wildman–Crippen MR) is 43.2 cm³/mol. The van der Waals surface area contributed by atoms with Crippen molar-refractivity contribution in [1.29, 1.82) is 0 Å². The van der Waals surface area contributed by atoms with Gasteiger partial charge in [0.15, 0.2) is 0 Å². The van der Waals surface area contributed by atoms with Crippen LogP contribution in [0.15, 0.2) is 0 Å². The minimum Gasteiger partial charge on any atom is -0.477 e. The van der Waals surface area contributed by atoms with Gasteiger partial charge in [-0.05, 0) is 25.2 Å². The Kier molecular flexibility index (Phi) is 2.21. The highest BCUT2D eigenvalue weighted by Crippen LogP contribution is 2.43. The van der Waals surface area contributed by atoms with Crippen molar-refractivity contribution < 1.29 is 23.4 Å². The quantitative estimate of drug-likeness (QED) is 0.763. The van der Waals surface area contributed by atoms with Crippen LogP contribution in [0.4, 0.5) is 8.78 Å². The molecule has 2 aliphatic rings. The van der Waals surface area contributed by atoms with Crippen LogP contribution >= 0.6 is 0 Å². The smallest absolute Gasteiger partial charge is 0.374 e. The van der Waals surface area contributed by atoms with E-state index in [0.29, 0.717) is 6.42 Å². The molecule has 2 bridgehead atoms. The number of rotatable bonds is 3. The molecule has 0 aromatic carbocycles. The number of hydrogen-bond donors (Lipinski definition) is 1. The SMILES string of the molecule is O=C(O)C(F)(F)CC1CC2CCC1O2. The lowest BCUT2D eigenvalue weighted by atomic mass is 9.85. The topological polar surface area (TPSA) is 46.5 Å². The molecule has 3 nitrogen and oxygen atoms in total. The molecule has 0 radical (unpaired) electrons. The summed E-state index contributed by atoms with van der Waals surface area (Å²) in [7, 11) is 0. The summed E-state index contributed by atoms with van der Waals surface area (Å²) in [6.45, 7) is 0. The fraction of sp³-hybridized carbons (Fsp3) is 0.889. The van der Waals surface area contributed by atoms with Gasteiger partial charge >= 0.3 is 11.9 Å². The first-order valence-corrected chi connectivity index (χ1v) is 4.76. The lowest BCUT2D eigenvalue weighted by Gasteiger charge is -2.21. The highest BCUT2D eigenvalue weighted by Gasteiger charge is 2.48. The van der Waals surface area contributed by atoms with Crippen LogP contribution in [0.3, 0.4) is 0 Å². The van der Waals surface area contributed by atoms with Crippen molar-refractivity contribution in [2.24, 2.45) is 5.92 Å². The van der Waals surface area contributed by atoms with Crippen LogP contribution in [0.1, 0.15) is 25.7 Å². The van der Waals surface area contributed by atoms with Crippen LogP contribution in [-0.2, 0) is 9.53 Å². The maximum absolute atomic E-state index is 12.9. The Hall–Kier alpha value is -0.710. The normalized spacial score (nSPS) is 36.3. The first-order chi connectivity index (χ1) is 6.49. The zero-order chi connectivity index (χ0) is 10.3. The maximum atomic E-state index is 12.9. The number of halogens is 2. The lowest BCUT2D eigenvalue weighted by Crippen LogP contribution is -2.33. The van der Waals surface area contributed by atoms with E-state index >= 15 is 0 Å². The summed E-state index contributed by atoms with van der Waals surface area (Å²) in [5.41, 5.74) is 0.